The molecule has 1 saturated heterocycles. The molecule has 1 aliphatic rings. The maximum atomic E-state index is 12.5. The number of para-hydroxylation sites is 2. The first-order valence-corrected chi connectivity index (χ1v) is 9.92. The largest absolute Gasteiger partial charge is 0.493 e. The van der Waals surface area contributed by atoms with Crippen molar-refractivity contribution in [1.29, 1.82) is 0 Å². The molecule has 2 aromatic rings. The van der Waals surface area contributed by atoms with E-state index >= 15 is 0 Å². The Kier molecular flexibility index (Phi) is 7.41. The van der Waals surface area contributed by atoms with E-state index in [2.05, 4.69) is 10.2 Å². The molecule has 0 aliphatic carbocycles. The van der Waals surface area contributed by atoms with Gasteiger partial charge in [0.25, 0.3) is 0 Å². The minimum atomic E-state index is -0.0385. The zero-order chi connectivity index (χ0) is 20.5. The van der Waals surface area contributed by atoms with Crippen LogP contribution in [0.15, 0.2) is 60.7 Å². The van der Waals surface area contributed by atoms with Crippen LogP contribution in [0.3, 0.4) is 0 Å². The summed E-state index contributed by atoms with van der Waals surface area (Å²) in [4.78, 5) is 28.6. The molecule has 0 saturated carbocycles. The Labute approximate surface area is 171 Å². The van der Waals surface area contributed by atoms with Gasteiger partial charge in [0.15, 0.2) is 0 Å². The fourth-order valence-electron chi connectivity index (χ4n) is 3.22. The van der Waals surface area contributed by atoms with Crippen LogP contribution in [0.2, 0.25) is 0 Å². The summed E-state index contributed by atoms with van der Waals surface area (Å²) in [5, 5.41) is 2.89. The summed E-state index contributed by atoms with van der Waals surface area (Å²) < 4.78 is 5.59. The van der Waals surface area contributed by atoms with E-state index in [1.54, 1.807) is 12.2 Å². The van der Waals surface area contributed by atoms with Crippen LogP contribution in [-0.4, -0.2) is 60.9 Å². The van der Waals surface area contributed by atoms with Crippen molar-refractivity contribution in [2.75, 3.05) is 44.6 Å². The van der Waals surface area contributed by atoms with Crippen LogP contribution in [-0.2, 0) is 9.59 Å². The SMILES string of the molecule is CCOc1ccccc1/C=C/C(=O)N1CCN(CC(=O)Nc2ccccc2)CC1. The third kappa shape index (κ3) is 6.19. The van der Waals surface area contributed by atoms with Gasteiger partial charge in [-0.3, -0.25) is 14.5 Å². The van der Waals surface area contributed by atoms with E-state index in [1.165, 1.54) is 0 Å². The molecule has 2 aromatic carbocycles. The molecule has 0 atom stereocenters. The van der Waals surface area contributed by atoms with Gasteiger partial charge in [-0.05, 0) is 31.2 Å². The molecular formula is C23H27N3O3. The Morgan fingerprint density at radius 3 is 2.41 bits per heavy atom. The highest BCUT2D eigenvalue weighted by Gasteiger charge is 2.21. The van der Waals surface area contributed by atoms with Gasteiger partial charge < -0.3 is 15.0 Å². The fraction of sp³-hybridized carbons (Fsp3) is 0.304. The number of amides is 2. The number of nitrogens with zero attached hydrogens (tertiary/aromatic N) is 2. The quantitative estimate of drug-likeness (QED) is 0.735. The number of carbonyl (C=O) groups is 2. The van der Waals surface area contributed by atoms with Crippen LogP contribution < -0.4 is 10.1 Å². The van der Waals surface area contributed by atoms with Gasteiger partial charge in [-0.15, -0.1) is 0 Å². The molecule has 0 bridgehead atoms. The molecule has 152 valence electrons. The number of rotatable bonds is 7. The Morgan fingerprint density at radius 1 is 1.00 bits per heavy atom. The lowest BCUT2D eigenvalue weighted by molar-refractivity contribution is -0.127. The van der Waals surface area contributed by atoms with Gasteiger partial charge in [0.2, 0.25) is 11.8 Å². The maximum Gasteiger partial charge on any atom is 0.246 e. The summed E-state index contributed by atoms with van der Waals surface area (Å²) in [6, 6.07) is 17.1. The Bertz CT molecular complexity index is 843. The van der Waals surface area contributed by atoms with E-state index in [9.17, 15) is 9.59 Å². The molecule has 0 unspecified atom stereocenters. The molecule has 0 aromatic heterocycles. The molecule has 0 radical (unpaired) electrons. The van der Waals surface area contributed by atoms with Gasteiger partial charge in [-0.1, -0.05) is 36.4 Å². The molecule has 6 heteroatoms. The number of anilines is 1. The normalized spacial score (nSPS) is 14.7. The van der Waals surface area contributed by atoms with Crippen molar-refractivity contribution in [2.45, 2.75) is 6.92 Å². The predicted octanol–water partition coefficient (Wildman–Crippen LogP) is 2.88. The van der Waals surface area contributed by atoms with Crippen LogP contribution in [0.4, 0.5) is 5.69 Å². The second-order valence-corrected chi connectivity index (χ2v) is 6.82. The van der Waals surface area contributed by atoms with E-state index < -0.39 is 0 Å². The maximum absolute atomic E-state index is 12.5. The molecule has 1 N–H and O–H groups in total. The minimum Gasteiger partial charge on any atom is -0.493 e. The van der Waals surface area contributed by atoms with Crippen LogP contribution in [0.25, 0.3) is 6.08 Å². The van der Waals surface area contributed by atoms with Gasteiger partial charge in [0.1, 0.15) is 5.75 Å². The van der Waals surface area contributed by atoms with Gasteiger partial charge in [-0.2, -0.15) is 0 Å². The summed E-state index contributed by atoms with van der Waals surface area (Å²) in [5.41, 5.74) is 1.68. The van der Waals surface area contributed by atoms with E-state index in [0.717, 1.165) is 17.0 Å². The van der Waals surface area contributed by atoms with Crippen LogP contribution in [0.1, 0.15) is 12.5 Å². The van der Waals surface area contributed by atoms with Crippen molar-refractivity contribution in [2.24, 2.45) is 0 Å². The highest BCUT2D eigenvalue weighted by atomic mass is 16.5. The summed E-state index contributed by atoms with van der Waals surface area (Å²) in [5.74, 6) is 0.710. The summed E-state index contributed by atoms with van der Waals surface area (Å²) >= 11 is 0. The van der Waals surface area contributed by atoms with Crippen LogP contribution in [0.5, 0.6) is 5.75 Å². The van der Waals surface area contributed by atoms with E-state index in [-0.39, 0.29) is 11.8 Å². The molecule has 6 nitrogen and oxygen atoms in total. The van der Waals surface area contributed by atoms with Crippen molar-refractivity contribution in [1.82, 2.24) is 9.80 Å². The number of nitrogens with one attached hydrogen (secondary N) is 1. The monoisotopic (exact) mass is 393 g/mol. The third-order valence-corrected chi connectivity index (χ3v) is 4.73. The van der Waals surface area contributed by atoms with E-state index in [0.29, 0.717) is 39.3 Å². The van der Waals surface area contributed by atoms with Crippen molar-refractivity contribution < 1.29 is 14.3 Å². The lowest BCUT2D eigenvalue weighted by atomic mass is 10.2. The first kappa shape index (κ1) is 20.6. The molecule has 1 aliphatic heterocycles. The zero-order valence-electron chi connectivity index (χ0n) is 16.7. The first-order chi connectivity index (χ1) is 14.2. The smallest absolute Gasteiger partial charge is 0.246 e. The van der Waals surface area contributed by atoms with Gasteiger partial charge in [0, 0.05) is 43.5 Å². The van der Waals surface area contributed by atoms with Gasteiger partial charge >= 0.3 is 0 Å². The molecule has 1 fully saturated rings. The number of benzene rings is 2. The Balaban J connectivity index is 1.46. The Hall–Kier alpha value is -3.12. The predicted molar refractivity (Wildman–Crippen MR) is 115 cm³/mol. The van der Waals surface area contributed by atoms with Crippen molar-refractivity contribution >= 4 is 23.6 Å². The van der Waals surface area contributed by atoms with Crippen LogP contribution >= 0.6 is 0 Å². The van der Waals surface area contributed by atoms with Gasteiger partial charge in [-0.25, -0.2) is 0 Å². The summed E-state index contributed by atoms with van der Waals surface area (Å²) in [6.07, 6.45) is 3.39. The van der Waals surface area contributed by atoms with Crippen LogP contribution in [0, 0.1) is 0 Å². The van der Waals surface area contributed by atoms with E-state index in [4.69, 9.17) is 4.74 Å². The minimum absolute atomic E-state index is 0.0234. The molecule has 1 heterocycles. The number of hydrogen-bond donors (Lipinski definition) is 1. The third-order valence-electron chi connectivity index (χ3n) is 4.73. The lowest BCUT2D eigenvalue weighted by Crippen LogP contribution is -2.50. The fourth-order valence-corrected chi connectivity index (χ4v) is 3.22. The van der Waals surface area contributed by atoms with Crippen molar-refractivity contribution in [3.8, 4) is 5.75 Å². The molecule has 29 heavy (non-hydrogen) atoms. The van der Waals surface area contributed by atoms with Crippen molar-refractivity contribution in [3.63, 3.8) is 0 Å². The highest BCUT2D eigenvalue weighted by Crippen LogP contribution is 2.19. The molecule has 3 rings (SSSR count). The highest BCUT2D eigenvalue weighted by molar-refractivity contribution is 5.93. The molecule has 2 amide bonds. The number of hydrogen-bond acceptors (Lipinski definition) is 4. The zero-order valence-corrected chi connectivity index (χ0v) is 16.7. The molecule has 0 spiro atoms. The van der Waals surface area contributed by atoms with Gasteiger partial charge in [0.05, 0.1) is 13.2 Å². The topological polar surface area (TPSA) is 61.9 Å². The van der Waals surface area contributed by atoms with E-state index in [1.807, 2.05) is 66.4 Å². The first-order valence-electron chi connectivity index (χ1n) is 9.92. The van der Waals surface area contributed by atoms with Crippen molar-refractivity contribution in [3.05, 3.63) is 66.2 Å². The number of carbonyl (C=O) groups excluding carboxylic acids is 2. The number of ether oxygens (including phenoxy) is 1. The Morgan fingerprint density at radius 2 is 1.69 bits per heavy atom. The standard InChI is InChI=1S/C23H27N3O3/c1-2-29-21-11-7-6-8-19(21)12-13-23(28)26-16-14-25(15-17-26)18-22(27)24-20-9-4-3-5-10-20/h3-13H,2,14-18H2,1H3,(H,24,27)/b13-12+. The second-order valence-electron chi connectivity index (χ2n) is 6.82. The summed E-state index contributed by atoms with van der Waals surface area (Å²) in [6.45, 7) is 5.41. The second kappa shape index (κ2) is 10.4. The average Bonchev–Trinajstić information content (AvgIpc) is 2.74. The lowest BCUT2D eigenvalue weighted by Gasteiger charge is -2.33. The summed E-state index contributed by atoms with van der Waals surface area (Å²) in [7, 11) is 0. The average molecular weight is 393 g/mol. The molecular weight excluding hydrogens is 366 g/mol. The number of piperazine rings is 1.